The molecule has 0 amide bonds. The van der Waals surface area contributed by atoms with Gasteiger partial charge in [0.15, 0.2) is 0 Å². The number of rotatable bonds is 7. The van der Waals surface area contributed by atoms with Gasteiger partial charge < -0.3 is 25.0 Å². The summed E-state index contributed by atoms with van der Waals surface area (Å²) in [6.07, 6.45) is 3.08. The molecule has 8 nitrogen and oxygen atoms in total. The fourth-order valence-corrected chi connectivity index (χ4v) is 10.3. The summed E-state index contributed by atoms with van der Waals surface area (Å²) in [4.78, 5) is 0. The van der Waals surface area contributed by atoms with Crippen molar-refractivity contribution in [1.82, 2.24) is 0 Å². The average Bonchev–Trinajstić information content (AvgIpc) is 3.02. The van der Waals surface area contributed by atoms with Crippen LogP contribution in [-0.2, 0) is 14.6 Å². The molecule has 4 saturated carbocycles. The fourth-order valence-electron chi connectivity index (χ4n) is 9.68. The molecule has 37 heavy (non-hydrogen) atoms. The van der Waals surface area contributed by atoms with Gasteiger partial charge in [-0.15, -0.1) is 0 Å². The first-order chi connectivity index (χ1) is 16.5. The van der Waals surface area contributed by atoms with E-state index in [0.29, 0.717) is 32.1 Å². The van der Waals surface area contributed by atoms with Gasteiger partial charge in [-0.1, -0.05) is 34.6 Å². The Kier molecular flexibility index (Phi) is 9.74. The Morgan fingerprint density at radius 2 is 1.59 bits per heavy atom. The second kappa shape index (κ2) is 11.2. The molecule has 4 rings (SSSR count). The minimum atomic E-state index is -4.78. The van der Waals surface area contributed by atoms with E-state index in [4.69, 9.17) is 4.18 Å². The quantitative estimate of drug-likeness (QED) is 0.195. The maximum Gasteiger partial charge on any atom is 1.00 e. The molecule has 4 aliphatic rings. The van der Waals surface area contributed by atoms with Crippen molar-refractivity contribution < 1.29 is 67.1 Å². The van der Waals surface area contributed by atoms with Gasteiger partial charge in [-0.3, -0.25) is 4.18 Å². The topological polar surface area (TPSA) is 147 Å². The van der Waals surface area contributed by atoms with Gasteiger partial charge in [0.1, 0.15) is 0 Å². The van der Waals surface area contributed by atoms with Gasteiger partial charge in [0.05, 0.1) is 30.0 Å². The van der Waals surface area contributed by atoms with E-state index in [-0.39, 0.29) is 82.3 Å². The van der Waals surface area contributed by atoms with Crippen molar-refractivity contribution in [3.63, 3.8) is 0 Å². The molecule has 4 aliphatic carbocycles. The first-order valence-corrected chi connectivity index (χ1v) is 15.3. The van der Waals surface area contributed by atoms with Crippen LogP contribution in [0.3, 0.4) is 0 Å². The van der Waals surface area contributed by atoms with Crippen molar-refractivity contribution in [1.29, 1.82) is 0 Å². The van der Waals surface area contributed by atoms with Gasteiger partial charge in [-0.05, 0) is 91.8 Å². The largest absolute Gasteiger partial charge is 1.00 e. The predicted octanol–water partition coefficient (Wildman–Crippen LogP) is -0.0156. The van der Waals surface area contributed by atoms with Crippen LogP contribution in [0.25, 0.3) is 0 Å². The number of hydrogen-bond acceptors (Lipinski definition) is 8. The Morgan fingerprint density at radius 1 is 0.973 bits per heavy atom. The van der Waals surface area contributed by atoms with Gasteiger partial charge in [0.25, 0.3) is 0 Å². The summed E-state index contributed by atoms with van der Waals surface area (Å²) in [5.74, 6) is -0.301. The van der Waals surface area contributed by atoms with E-state index in [0.717, 1.165) is 19.3 Å². The van der Waals surface area contributed by atoms with Crippen molar-refractivity contribution in [2.24, 2.45) is 46.3 Å². The van der Waals surface area contributed by atoms with Crippen molar-refractivity contribution >= 4 is 10.4 Å². The molecule has 0 heterocycles. The Balaban J connectivity index is 0.00000380. The average molecular weight is 555 g/mol. The third-order valence-corrected chi connectivity index (χ3v) is 11.8. The smallest absolute Gasteiger partial charge is 0.726 e. The zero-order valence-corrected chi connectivity index (χ0v) is 26.3. The molecule has 4 fully saturated rings. The van der Waals surface area contributed by atoms with Crippen LogP contribution in [0.4, 0.5) is 0 Å². The van der Waals surface area contributed by atoms with Gasteiger partial charge >= 0.3 is 29.6 Å². The van der Waals surface area contributed by atoms with E-state index in [1.807, 2.05) is 13.8 Å². The molecule has 10 heteroatoms. The molecule has 0 radical (unpaired) electrons. The summed E-state index contributed by atoms with van der Waals surface area (Å²) in [5, 5.41) is 45.3. The normalized spacial score (nSPS) is 47.4. The minimum Gasteiger partial charge on any atom is -0.726 e. The van der Waals surface area contributed by atoms with Crippen LogP contribution in [0, 0.1) is 46.3 Å². The van der Waals surface area contributed by atoms with Crippen LogP contribution in [0.15, 0.2) is 0 Å². The zero-order chi connectivity index (χ0) is 26.8. The number of aliphatic hydroxyl groups excluding tert-OH is 3. The van der Waals surface area contributed by atoms with Crippen molar-refractivity contribution in [3.05, 3.63) is 0 Å². The van der Waals surface area contributed by atoms with E-state index in [2.05, 4.69) is 20.8 Å². The molecule has 0 aromatic heterocycles. The maximum atomic E-state index is 12.4. The zero-order valence-electron chi connectivity index (χ0n) is 23.5. The molecule has 4 N–H and O–H groups in total. The first kappa shape index (κ1) is 32.2. The van der Waals surface area contributed by atoms with E-state index < -0.39 is 40.4 Å². The van der Waals surface area contributed by atoms with E-state index in [9.17, 15) is 33.4 Å². The number of hydrogen-bond donors (Lipinski definition) is 4. The van der Waals surface area contributed by atoms with Crippen molar-refractivity contribution in [2.45, 2.75) is 122 Å². The van der Waals surface area contributed by atoms with Gasteiger partial charge in [0.2, 0.25) is 10.4 Å². The Morgan fingerprint density at radius 3 is 2.19 bits per heavy atom. The van der Waals surface area contributed by atoms with Crippen LogP contribution in [0.1, 0.15) is 92.4 Å². The Labute approximate surface area is 245 Å². The molecular formula is C27H47NaO8S. The van der Waals surface area contributed by atoms with Crippen molar-refractivity contribution in [2.75, 3.05) is 0 Å². The predicted molar refractivity (Wildman–Crippen MR) is 133 cm³/mol. The molecule has 0 aromatic carbocycles. The SMILES string of the molecule is CC(C)[C@H](CC[C@@H](C)[C@H]1C[C@H](O)C2[C@]3(O)C[C@H](O)C4C[C@@H](O)CC[C@]4(C)C3CC[C@@]21C)OS(=O)(=O)[O-].[Na+]. The third-order valence-electron chi connectivity index (χ3n) is 11.3. The number of fused-ring (bicyclic) bond motifs is 5. The van der Waals surface area contributed by atoms with Crippen LogP contribution >= 0.6 is 0 Å². The molecule has 0 aromatic rings. The van der Waals surface area contributed by atoms with Gasteiger partial charge in [-0.2, -0.15) is 0 Å². The molecule has 3 unspecified atom stereocenters. The van der Waals surface area contributed by atoms with E-state index in [1.54, 1.807) is 0 Å². The monoisotopic (exact) mass is 554 g/mol. The molecule has 0 bridgehead atoms. The summed E-state index contributed by atoms with van der Waals surface area (Å²) >= 11 is 0. The maximum absolute atomic E-state index is 12.4. The number of aliphatic hydroxyl groups is 4. The fraction of sp³-hybridized carbons (Fsp3) is 1.00. The second-order valence-electron chi connectivity index (χ2n) is 13.6. The van der Waals surface area contributed by atoms with Crippen LogP contribution < -0.4 is 29.6 Å². The standard InChI is InChI=1S/C27H48O8S.Na/c1-15(2)22(35-36(32,33)34)7-6-16(3)18-13-20(29)24-26(18,5)11-9-23-25(4)10-8-17(28)12-19(25)21(30)14-27(23,24)31;/h15-24,28-31H,6-14H2,1-5H3,(H,32,33,34);/q;+1/p-1/t16-,17+,18-,19?,20+,21+,22+,23?,24?,25+,26-,27+;/m1./s1. The first-order valence-electron chi connectivity index (χ1n) is 13.9. The summed E-state index contributed by atoms with van der Waals surface area (Å²) in [6.45, 7) is 10.1. The van der Waals surface area contributed by atoms with Crippen LogP contribution in [0.2, 0.25) is 0 Å². The van der Waals surface area contributed by atoms with Crippen LogP contribution in [-0.4, -0.2) is 63.4 Å². The van der Waals surface area contributed by atoms with Gasteiger partial charge in [-0.25, -0.2) is 8.42 Å². The van der Waals surface area contributed by atoms with Crippen molar-refractivity contribution in [3.8, 4) is 0 Å². The van der Waals surface area contributed by atoms with E-state index >= 15 is 0 Å². The second-order valence-corrected chi connectivity index (χ2v) is 14.6. The molecule has 0 spiro atoms. The van der Waals surface area contributed by atoms with Crippen LogP contribution in [0.5, 0.6) is 0 Å². The Hall–Kier alpha value is 0.710. The molecule has 0 saturated heterocycles. The molecule has 12 atom stereocenters. The molecular weight excluding hydrogens is 507 g/mol. The summed E-state index contributed by atoms with van der Waals surface area (Å²) in [6, 6.07) is 0. The van der Waals surface area contributed by atoms with Gasteiger partial charge in [0, 0.05) is 12.3 Å². The minimum absolute atomic E-state index is 0. The third kappa shape index (κ3) is 5.75. The molecule has 0 aliphatic heterocycles. The summed E-state index contributed by atoms with van der Waals surface area (Å²) in [5.41, 5.74) is -1.77. The molecule has 210 valence electrons. The summed E-state index contributed by atoms with van der Waals surface area (Å²) < 4.78 is 38.4. The summed E-state index contributed by atoms with van der Waals surface area (Å²) in [7, 11) is -4.78. The van der Waals surface area contributed by atoms with E-state index in [1.165, 1.54) is 0 Å². The Bertz CT molecular complexity index is 916.